The predicted octanol–water partition coefficient (Wildman–Crippen LogP) is 2.04. The number of aliphatic hydroxyl groups is 1. The van der Waals surface area contributed by atoms with Crippen molar-refractivity contribution in [3.8, 4) is 5.75 Å². The van der Waals surface area contributed by atoms with Crippen LogP contribution in [-0.2, 0) is 13.2 Å². The molecule has 0 aliphatic carbocycles. The number of hydrogen-bond acceptors (Lipinski definition) is 6. The van der Waals surface area contributed by atoms with E-state index in [0.717, 1.165) is 17.0 Å². The van der Waals surface area contributed by atoms with Crippen LogP contribution in [-0.4, -0.2) is 20.4 Å². The molecule has 0 aromatic carbocycles. The monoisotopic (exact) mass is 291 g/mol. The van der Waals surface area contributed by atoms with Crippen molar-refractivity contribution in [2.24, 2.45) is 0 Å². The maximum absolute atomic E-state index is 10.1. The van der Waals surface area contributed by atoms with Gasteiger partial charge >= 0.3 is 0 Å². The number of rotatable bonds is 5. The van der Waals surface area contributed by atoms with E-state index in [4.69, 9.17) is 4.52 Å². The molecule has 0 bridgehead atoms. The second-order valence-corrected chi connectivity index (χ2v) is 5.19. The van der Waals surface area contributed by atoms with Crippen LogP contribution >= 0.6 is 0 Å². The smallest absolute Gasteiger partial charge is 0.141 e. The average molecular weight is 291 g/mol. The fourth-order valence-electron chi connectivity index (χ4n) is 2.48. The average Bonchev–Trinajstić information content (AvgIpc) is 2.79. The zero-order valence-electron chi connectivity index (χ0n) is 12.8. The molecule has 1 unspecified atom stereocenters. The number of aromatic nitrogens is 2. The Labute approximate surface area is 123 Å². The molecule has 0 spiro atoms. The third-order valence-electron chi connectivity index (χ3n) is 3.71. The largest absolute Gasteiger partial charge is 0.506 e. The van der Waals surface area contributed by atoms with Gasteiger partial charge in [0.25, 0.3) is 0 Å². The van der Waals surface area contributed by atoms with Crippen LogP contribution in [0.2, 0.25) is 0 Å². The summed E-state index contributed by atoms with van der Waals surface area (Å²) in [6.07, 6.45) is 1.59. The van der Waals surface area contributed by atoms with E-state index in [2.05, 4.69) is 15.5 Å². The van der Waals surface area contributed by atoms with E-state index in [-0.39, 0.29) is 18.4 Å². The quantitative estimate of drug-likeness (QED) is 0.781. The number of aryl methyl sites for hydroxylation is 3. The minimum atomic E-state index is -0.155. The van der Waals surface area contributed by atoms with Gasteiger partial charge in [0.05, 0.1) is 18.0 Å². The SMILES string of the molecule is Cc1ncc(CO)c(CNC(C)c2c(C)noc2C)c1O. The fraction of sp³-hybridized carbons (Fsp3) is 0.467. The molecule has 2 heterocycles. The van der Waals surface area contributed by atoms with Gasteiger partial charge < -0.3 is 20.1 Å². The van der Waals surface area contributed by atoms with Crippen LogP contribution in [0.5, 0.6) is 5.75 Å². The molecule has 1 atom stereocenters. The first-order valence-electron chi connectivity index (χ1n) is 6.89. The third-order valence-corrected chi connectivity index (χ3v) is 3.71. The Hall–Kier alpha value is -1.92. The zero-order valence-corrected chi connectivity index (χ0v) is 12.8. The highest BCUT2D eigenvalue weighted by Crippen LogP contribution is 2.26. The Kier molecular flexibility index (Phi) is 4.59. The standard InChI is InChI=1S/C15H21N3O3/c1-8(14-9(2)18-21-11(14)4)17-6-13-12(7-19)5-16-10(3)15(13)20/h5,8,17,19-20H,6-7H2,1-4H3. The predicted molar refractivity (Wildman–Crippen MR) is 77.8 cm³/mol. The second-order valence-electron chi connectivity index (χ2n) is 5.19. The van der Waals surface area contributed by atoms with Gasteiger partial charge in [-0.2, -0.15) is 0 Å². The third kappa shape index (κ3) is 3.06. The lowest BCUT2D eigenvalue weighted by Crippen LogP contribution is -2.20. The van der Waals surface area contributed by atoms with Crippen LogP contribution in [0.25, 0.3) is 0 Å². The Balaban J connectivity index is 2.19. The maximum atomic E-state index is 10.1. The van der Waals surface area contributed by atoms with Gasteiger partial charge in [-0.15, -0.1) is 0 Å². The van der Waals surface area contributed by atoms with Crippen LogP contribution in [0.4, 0.5) is 0 Å². The normalized spacial score (nSPS) is 12.6. The highest BCUT2D eigenvalue weighted by Gasteiger charge is 2.18. The number of aliphatic hydroxyl groups excluding tert-OH is 1. The fourth-order valence-corrected chi connectivity index (χ4v) is 2.48. The summed E-state index contributed by atoms with van der Waals surface area (Å²) < 4.78 is 5.17. The lowest BCUT2D eigenvalue weighted by Gasteiger charge is -2.16. The highest BCUT2D eigenvalue weighted by molar-refractivity contribution is 5.40. The lowest BCUT2D eigenvalue weighted by molar-refractivity contribution is 0.278. The van der Waals surface area contributed by atoms with Gasteiger partial charge in [-0.05, 0) is 27.7 Å². The summed E-state index contributed by atoms with van der Waals surface area (Å²) in [7, 11) is 0. The summed E-state index contributed by atoms with van der Waals surface area (Å²) in [5, 5.41) is 26.8. The van der Waals surface area contributed by atoms with E-state index < -0.39 is 0 Å². The van der Waals surface area contributed by atoms with Crippen molar-refractivity contribution in [1.29, 1.82) is 0 Å². The van der Waals surface area contributed by atoms with E-state index in [0.29, 0.717) is 23.4 Å². The Morgan fingerprint density at radius 1 is 1.29 bits per heavy atom. The van der Waals surface area contributed by atoms with Crippen molar-refractivity contribution in [3.63, 3.8) is 0 Å². The topological polar surface area (TPSA) is 91.4 Å². The minimum Gasteiger partial charge on any atom is -0.506 e. The maximum Gasteiger partial charge on any atom is 0.141 e. The van der Waals surface area contributed by atoms with Crippen LogP contribution in [0, 0.1) is 20.8 Å². The first-order chi connectivity index (χ1) is 9.95. The Morgan fingerprint density at radius 2 is 2.00 bits per heavy atom. The van der Waals surface area contributed by atoms with E-state index in [1.54, 1.807) is 13.1 Å². The molecule has 6 nitrogen and oxygen atoms in total. The van der Waals surface area contributed by atoms with Gasteiger partial charge in [-0.25, -0.2) is 0 Å². The molecule has 0 aliphatic rings. The second kappa shape index (κ2) is 6.24. The molecule has 0 saturated carbocycles. The van der Waals surface area contributed by atoms with E-state index in [1.165, 1.54) is 0 Å². The van der Waals surface area contributed by atoms with Gasteiger partial charge in [0.1, 0.15) is 11.5 Å². The molecule has 6 heteroatoms. The van der Waals surface area contributed by atoms with Crippen LogP contribution in [0.15, 0.2) is 10.7 Å². The molecule has 0 radical (unpaired) electrons. The minimum absolute atomic E-state index is 0.0238. The molecule has 0 aliphatic heterocycles. The van der Waals surface area contributed by atoms with Gasteiger partial charge in [0.2, 0.25) is 0 Å². The number of nitrogens with zero attached hydrogens (tertiary/aromatic N) is 2. The summed E-state index contributed by atoms with van der Waals surface area (Å²) in [5.74, 6) is 0.907. The van der Waals surface area contributed by atoms with Crippen LogP contribution < -0.4 is 5.32 Å². The van der Waals surface area contributed by atoms with E-state index >= 15 is 0 Å². The summed E-state index contributed by atoms with van der Waals surface area (Å²) in [6, 6.07) is 0.0238. The van der Waals surface area contributed by atoms with Crippen LogP contribution in [0.3, 0.4) is 0 Å². The molecule has 3 N–H and O–H groups in total. The van der Waals surface area contributed by atoms with Crippen molar-refractivity contribution >= 4 is 0 Å². The number of aromatic hydroxyl groups is 1. The summed E-state index contributed by atoms with van der Waals surface area (Å²) in [4.78, 5) is 4.05. The molecular formula is C15H21N3O3. The van der Waals surface area contributed by atoms with Crippen molar-refractivity contribution in [2.75, 3.05) is 0 Å². The van der Waals surface area contributed by atoms with Crippen molar-refractivity contribution in [2.45, 2.75) is 46.9 Å². The molecule has 0 fully saturated rings. The summed E-state index contributed by atoms with van der Waals surface area (Å²) in [5.41, 5.74) is 3.71. The number of nitrogens with one attached hydrogen (secondary N) is 1. The summed E-state index contributed by atoms with van der Waals surface area (Å²) >= 11 is 0. The van der Waals surface area contributed by atoms with Gasteiger partial charge in [0, 0.05) is 35.5 Å². The molecule has 2 aromatic rings. The molecule has 0 amide bonds. The molecule has 21 heavy (non-hydrogen) atoms. The first-order valence-corrected chi connectivity index (χ1v) is 6.89. The number of pyridine rings is 1. The zero-order chi connectivity index (χ0) is 15.6. The molecular weight excluding hydrogens is 270 g/mol. The van der Waals surface area contributed by atoms with Gasteiger partial charge in [-0.3, -0.25) is 4.98 Å². The number of hydrogen-bond donors (Lipinski definition) is 3. The molecule has 0 saturated heterocycles. The molecule has 114 valence electrons. The molecule has 2 aromatic heterocycles. The lowest BCUT2D eigenvalue weighted by atomic mass is 10.0. The van der Waals surface area contributed by atoms with E-state index in [9.17, 15) is 10.2 Å². The van der Waals surface area contributed by atoms with Crippen molar-refractivity contribution in [3.05, 3.63) is 40.0 Å². The Morgan fingerprint density at radius 3 is 2.57 bits per heavy atom. The highest BCUT2D eigenvalue weighted by atomic mass is 16.5. The van der Waals surface area contributed by atoms with Gasteiger partial charge in [0.15, 0.2) is 0 Å². The van der Waals surface area contributed by atoms with Crippen LogP contribution in [0.1, 0.15) is 46.8 Å². The summed E-state index contributed by atoms with van der Waals surface area (Å²) in [6.45, 7) is 7.79. The van der Waals surface area contributed by atoms with Crippen molar-refractivity contribution in [1.82, 2.24) is 15.5 Å². The molecule has 2 rings (SSSR count). The van der Waals surface area contributed by atoms with E-state index in [1.807, 2.05) is 20.8 Å². The van der Waals surface area contributed by atoms with Gasteiger partial charge in [-0.1, -0.05) is 5.16 Å². The Bertz CT molecular complexity index is 618. The first kappa shape index (κ1) is 15.5. The van der Waals surface area contributed by atoms with Crippen molar-refractivity contribution < 1.29 is 14.7 Å².